The Kier molecular flexibility index (Phi) is 5.63. The summed E-state index contributed by atoms with van der Waals surface area (Å²) >= 11 is 0. The normalized spacial score (nSPS) is 17.7. The lowest BCUT2D eigenvalue weighted by atomic mass is 10.1. The molecule has 0 radical (unpaired) electrons. The van der Waals surface area contributed by atoms with Crippen LogP contribution in [-0.2, 0) is 11.3 Å². The smallest absolute Gasteiger partial charge is 0.0474 e. The predicted octanol–water partition coefficient (Wildman–Crippen LogP) is 1.42. The molecule has 1 aromatic carbocycles. The molecule has 1 aromatic rings. The van der Waals surface area contributed by atoms with E-state index >= 15 is 0 Å². The molecule has 1 heterocycles. The van der Waals surface area contributed by atoms with Crippen LogP contribution in [-0.4, -0.2) is 56.2 Å². The van der Waals surface area contributed by atoms with Gasteiger partial charge < -0.3 is 15.4 Å². The zero-order chi connectivity index (χ0) is 13.5. The van der Waals surface area contributed by atoms with Crippen molar-refractivity contribution in [3.8, 4) is 0 Å². The van der Waals surface area contributed by atoms with Crippen LogP contribution in [0.2, 0.25) is 0 Å². The predicted molar refractivity (Wildman–Crippen MR) is 79.1 cm³/mol. The van der Waals surface area contributed by atoms with Crippen LogP contribution in [0.5, 0.6) is 0 Å². The molecule has 2 N–H and O–H groups in total. The molecule has 2 rings (SSSR count). The van der Waals surface area contributed by atoms with E-state index in [-0.39, 0.29) is 0 Å². The minimum absolute atomic E-state index is 0.857. The Morgan fingerprint density at radius 1 is 1.16 bits per heavy atom. The van der Waals surface area contributed by atoms with E-state index in [0.717, 1.165) is 58.0 Å². The second-order valence-electron chi connectivity index (χ2n) is 5.21. The zero-order valence-electron chi connectivity index (χ0n) is 11.8. The van der Waals surface area contributed by atoms with Crippen LogP contribution >= 0.6 is 0 Å². The standard InChI is InChI=1S/C15H25N3O/c1-19-11-3-6-17-7-9-18(10-8-17)13-14-4-2-5-15(16)12-14/h2,4-5,12H,3,6-11,13,16H2,1H3. The van der Waals surface area contributed by atoms with E-state index in [1.165, 1.54) is 5.56 Å². The van der Waals surface area contributed by atoms with Gasteiger partial charge in [-0.1, -0.05) is 12.1 Å². The summed E-state index contributed by atoms with van der Waals surface area (Å²) in [6, 6.07) is 8.20. The van der Waals surface area contributed by atoms with Gasteiger partial charge in [-0.3, -0.25) is 4.90 Å². The molecule has 106 valence electrons. The van der Waals surface area contributed by atoms with E-state index in [2.05, 4.69) is 21.9 Å². The summed E-state index contributed by atoms with van der Waals surface area (Å²) in [5.41, 5.74) is 7.99. The van der Waals surface area contributed by atoms with Gasteiger partial charge in [0, 0.05) is 58.7 Å². The van der Waals surface area contributed by atoms with Gasteiger partial charge in [-0.2, -0.15) is 0 Å². The van der Waals surface area contributed by atoms with Gasteiger partial charge >= 0.3 is 0 Å². The third-order valence-corrected chi connectivity index (χ3v) is 3.64. The summed E-state index contributed by atoms with van der Waals surface area (Å²) in [4.78, 5) is 5.02. The Morgan fingerprint density at radius 2 is 1.89 bits per heavy atom. The number of hydrogen-bond acceptors (Lipinski definition) is 4. The van der Waals surface area contributed by atoms with Crippen molar-refractivity contribution in [2.24, 2.45) is 0 Å². The largest absolute Gasteiger partial charge is 0.399 e. The first kappa shape index (κ1) is 14.3. The quantitative estimate of drug-likeness (QED) is 0.622. The molecular formula is C15H25N3O. The Hall–Kier alpha value is -1.10. The van der Waals surface area contributed by atoms with Gasteiger partial charge in [-0.05, 0) is 24.1 Å². The lowest BCUT2D eigenvalue weighted by molar-refractivity contribution is 0.113. The maximum Gasteiger partial charge on any atom is 0.0474 e. The minimum atomic E-state index is 0.857. The van der Waals surface area contributed by atoms with Crippen LogP contribution < -0.4 is 5.73 Å². The van der Waals surface area contributed by atoms with Crippen LogP contribution in [0.3, 0.4) is 0 Å². The van der Waals surface area contributed by atoms with Crippen LogP contribution in [0.4, 0.5) is 5.69 Å². The molecular weight excluding hydrogens is 238 g/mol. The molecule has 19 heavy (non-hydrogen) atoms. The molecule has 0 atom stereocenters. The van der Waals surface area contributed by atoms with E-state index in [1.54, 1.807) is 7.11 Å². The molecule has 1 aliphatic rings. The highest BCUT2D eigenvalue weighted by atomic mass is 16.5. The minimum Gasteiger partial charge on any atom is -0.399 e. The van der Waals surface area contributed by atoms with E-state index in [9.17, 15) is 0 Å². The number of nitrogen functional groups attached to an aromatic ring is 1. The second-order valence-corrected chi connectivity index (χ2v) is 5.21. The van der Waals surface area contributed by atoms with Crippen molar-refractivity contribution in [1.82, 2.24) is 9.80 Å². The molecule has 0 unspecified atom stereocenters. The second kappa shape index (κ2) is 7.48. The maximum absolute atomic E-state index is 5.82. The third kappa shape index (κ3) is 4.82. The van der Waals surface area contributed by atoms with E-state index in [1.807, 2.05) is 12.1 Å². The SMILES string of the molecule is COCCCN1CCN(Cc2cccc(N)c2)CC1. The molecule has 4 heteroatoms. The summed E-state index contributed by atoms with van der Waals surface area (Å²) in [5.74, 6) is 0. The number of hydrogen-bond donors (Lipinski definition) is 1. The fourth-order valence-electron chi connectivity index (χ4n) is 2.55. The molecule has 0 saturated carbocycles. The lowest BCUT2D eigenvalue weighted by Gasteiger charge is -2.34. The molecule has 4 nitrogen and oxygen atoms in total. The Balaban J connectivity index is 1.71. The van der Waals surface area contributed by atoms with Crippen molar-refractivity contribution in [3.63, 3.8) is 0 Å². The van der Waals surface area contributed by atoms with E-state index < -0.39 is 0 Å². The van der Waals surface area contributed by atoms with Gasteiger partial charge in [0.1, 0.15) is 0 Å². The number of benzene rings is 1. The first-order valence-corrected chi connectivity index (χ1v) is 7.06. The van der Waals surface area contributed by atoms with E-state index in [4.69, 9.17) is 10.5 Å². The fourth-order valence-corrected chi connectivity index (χ4v) is 2.55. The molecule has 0 spiro atoms. The Bertz CT molecular complexity index is 375. The topological polar surface area (TPSA) is 41.7 Å². The van der Waals surface area contributed by atoms with Gasteiger partial charge in [-0.25, -0.2) is 0 Å². The molecule has 0 aromatic heterocycles. The molecule has 0 bridgehead atoms. The first-order chi connectivity index (χ1) is 9.28. The summed E-state index contributed by atoms with van der Waals surface area (Å²) in [5, 5.41) is 0. The Labute approximate surface area is 116 Å². The number of ether oxygens (including phenoxy) is 1. The number of nitrogens with two attached hydrogens (primary N) is 1. The van der Waals surface area contributed by atoms with Crippen molar-refractivity contribution < 1.29 is 4.74 Å². The summed E-state index contributed by atoms with van der Waals surface area (Å²) < 4.78 is 5.10. The fraction of sp³-hybridized carbons (Fsp3) is 0.600. The van der Waals surface area contributed by atoms with Crippen LogP contribution in [0.25, 0.3) is 0 Å². The van der Waals surface area contributed by atoms with E-state index in [0.29, 0.717) is 0 Å². The van der Waals surface area contributed by atoms with Crippen LogP contribution in [0.15, 0.2) is 24.3 Å². The van der Waals surface area contributed by atoms with Crippen molar-refractivity contribution in [1.29, 1.82) is 0 Å². The molecule has 1 aliphatic heterocycles. The number of rotatable bonds is 6. The van der Waals surface area contributed by atoms with Gasteiger partial charge in [0.25, 0.3) is 0 Å². The summed E-state index contributed by atoms with van der Waals surface area (Å²) in [7, 11) is 1.77. The number of anilines is 1. The van der Waals surface area contributed by atoms with Crippen LogP contribution in [0.1, 0.15) is 12.0 Å². The molecule has 0 aliphatic carbocycles. The molecule has 1 fully saturated rings. The van der Waals surface area contributed by atoms with Crippen molar-refractivity contribution >= 4 is 5.69 Å². The first-order valence-electron chi connectivity index (χ1n) is 7.06. The average molecular weight is 263 g/mol. The number of methoxy groups -OCH3 is 1. The number of piperazine rings is 1. The highest BCUT2D eigenvalue weighted by Crippen LogP contribution is 2.11. The monoisotopic (exact) mass is 263 g/mol. The van der Waals surface area contributed by atoms with Gasteiger partial charge in [0.2, 0.25) is 0 Å². The number of nitrogens with zero attached hydrogens (tertiary/aromatic N) is 2. The Morgan fingerprint density at radius 3 is 2.58 bits per heavy atom. The highest BCUT2D eigenvalue weighted by molar-refractivity contribution is 5.40. The van der Waals surface area contributed by atoms with Gasteiger partial charge in [-0.15, -0.1) is 0 Å². The third-order valence-electron chi connectivity index (χ3n) is 3.64. The summed E-state index contributed by atoms with van der Waals surface area (Å²) in [6.07, 6.45) is 1.13. The highest BCUT2D eigenvalue weighted by Gasteiger charge is 2.16. The lowest BCUT2D eigenvalue weighted by Crippen LogP contribution is -2.46. The van der Waals surface area contributed by atoms with Crippen molar-refractivity contribution in [2.45, 2.75) is 13.0 Å². The van der Waals surface area contributed by atoms with Crippen LogP contribution in [0, 0.1) is 0 Å². The van der Waals surface area contributed by atoms with Crippen molar-refractivity contribution in [3.05, 3.63) is 29.8 Å². The molecule has 0 amide bonds. The average Bonchev–Trinajstić information content (AvgIpc) is 2.41. The van der Waals surface area contributed by atoms with Crippen molar-refractivity contribution in [2.75, 3.05) is 52.2 Å². The summed E-state index contributed by atoms with van der Waals surface area (Å²) in [6.45, 7) is 7.63. The molecule has 1 saturated heterocycles. The van der Waals surface area contributed by atoms with Gasteiger partial charge in [0.15, 0.2) is 0 Å². The van der Waals surface area contributed by atoms with Gasteiger partial charge in [0.05, 0.1) is 0 Å². The maximum atomic E-state index is 5.82. The zero-order valence-corrected chi connectivity index (χ0v) is 11.8.